The van der Waals surface area contributed by atoms with Crippen LogP contribution in [0.3, 0.4) is 0 Å². The molecule has 0 spiro atoms. The van der Waals surface area contributed by atoms with Gasteiger partial charge in [0.25, 0.3) is 5.91 Å². The van der Waals surface area contributed by atoms with Crippen LogP contribution >= 0.6 is 0 Å². The lowest BCUT2D eigenvalue weighted by atomic mass is 9.85. The maximum atomic E-state index is 14.4. The predicted molar refractivity (Wildman–Crippen MR) is 189 cm³/mol. The van der Waals surface area contributed by atoms with E-state index < -0.39 is 79.7 Å². The van der Waals surface area contributed by atoms with Gasteiger partial charge in [0.05, 0.1) is 24.4 Å². The van der Waals surface area contributed by atoms with Gasteiger partial charge < -0.3 is 29.7 Å². The van der Waals surface area contributed by atoms with Gasteiger partial charge in [0.1, 0.15) is 40.8 Å². The zero-order valence-electron chi connectivity index (χ0n) is 30.3. The fourth-order valence-corrected chi connectivity index (χ4v) is 8.01. The van der Waals surface area contributed by atoms with Crippen LogP contribution in [0.1, 0.15) is 73.6 Å². The number of likely N-dealkylation sites (tertiary alicyclic amines) is 1. The molecule has 1 aromatic heterocycles. The first-order valence-corrected chi connectivity index (χ1v) is 18.7. The molecule has 5 unspecified atom stereocenters. The Labute approximate surface area is 299 Å². The Kier molecular flexibility index (Phi) is 10.4. The minimum absolute atomic E-state index is 0.0282. The molecular weight excluding hydrogens is 678 g/mol. The summed E-state index contributed by atoms with van der Waals surface area (Å²) in [5.74, 6) is -1.48. The molecule has 2 saturated carbocycles. The minimum atomic E-state index is -3.93. The largest absolute Gasteiger partial charge is 0.497 e. The Balaban J connectivity index is 1.44. The number of amides is 4. The number of benzene rings is 1. The monoisotopic (exact) mass is 727 g/mol. The van der Waals surface area contributed by atoms with Gasteiger partial charge in [-0.25, -0.2) is 13.2 Å². The van der Waals surface area contributed by atoms with Crippen molar-refractivity contribution in [1.29, 1.82) is 0 Å². The van der Waals surface area contributed by atoms with Gasteiger partial charge in [-0.15, -0.1) is 6.58 Å². The maximum absolute atomic E-state index is 14.4. The number of nitrogens with zero attached hydrogens (tertiary/aromatic N) is 2. The van der Waals surface area contributed by atoms with Crippen molar-refractivity contribution < 1.29 is 41.8 Å². The van der Waals surface area contributed by atoms with Crippen molar-refractivity contribution in [2.24, 2.45) is 11.3 Å². The number of ether oxygens (including phenoxy) is 3. The number of sulfonamides is 1. The molecule has 0 radical (unpaired) electrons. The Bertz CT molecular complexity index is 1810. The molecule has 14 nitrogen and oxygen atoms in total. The van der Waals surface area contributed by atoms with Gasteiger partial charge in [0, 0.05) is 30.0 Å². The average Bonchev–Trinajstić information content (AvgIpc) is 3.55. The molecule has 0 bridgehead atoms. The molecule has 3 aliphatic rings. The zero-order chi connectivity index (χ0) is 37.5. The van der Waals surface area contributed by atoms with E-state index in [1.807, 2.05) is 6.07 Å². The number of aromatic nitrogens is 1. The van der Waals surface area contributed by atoms with Crippen LogP contribution in [0, 0.1) is 11.3 Å². The van der Waals surface area contributed by atoms with Crippen molar-refractivity contribution in [3.63, 3.8) is 0 Å². The van der Waals surface area contributed by atoms with Crippen molar-refractivity contribution in [3.8, 4) is 11.5 Å². The summed E-state index contributed by atoms with van der Waals surface area (Å²) in [6, 6.07) is 4.79. The Hall–Kier alpha value is -4.40. The maximum Gasteiger partial charge on any atom is 0.408 e. The molecule has 1 saturated heterocycles. The summed E-state index contributed by atoms with van der Waals surface area (Å²) < 4.78 is 45.2. The number of hydrogen-bond acceptors (Lipinski definition) is 10. The van der Waals surface area contributed by atoms with E-state index in [9.17, 15) is 27.6 Å². The standard InChI is InChI=1S/C36H49N5O9S/c1-9-21-19-36(21,32(44)40-51(46,47)24-11-10-12-24)39-30(42)27-18-23(49-28-15-16-37-26-17-22(48-8)13-14-25(26)28)20-41(27)31(43)29(34(2,3)4)38-33(45)50-35(5,6)7/h9,13-17,21,23-24,27,29H,1,10-12,18-20H2,2-8H3,(H,38,45)(H,39,42)(H,40,44). The molecule has 2 aliphatic carbocycles. The van der Waals surface area contributed by atoms with Crippen LogP contribution < -0.4 is 24.8 Å². The molecule has 1 aliphatic heterocycles. The van der Waals surface area contributed by atoms with E-state index in [-0.39, 0.29) is 19.4 Å². The fourth-order valence-electron chi connectivity index (χ4n) is 6.45. The van der Waals surface area contributed by atoms with Crippen molar-refractivity contribution in [2.75, 3.05) is 13.7 Å². The number of hydrogen-bond donors (Lipinski definition) is 3. The number of fused-ring (bicyclic) bond motifs is 1. The summed E-state index contributed by atoms with van der Waals surface area (Å²) in [4.78, 5) is 60.9. The molecule has 5 rings (SSSR count). The van der Waals surface area contributed by atoms with E-state index in [1.165, 1.54) is 11.0 Å². The topological polar surface area (TPSA) is 182 Å². The highest BCUT2D eigenvalue weighted by molar-refractivity contribution is 7.90. The smallest absolute Gasteiger partial charge is 0.408 e. The molecule has 3 fully saturated rings. The first-order chi connectivity index (χ1) is 23.8. The van der Waals surface area contributed by atoms with Crippen LogP contribution in [0.25, 0.3) is 10.9 Å². The first-order valence-electron chi connectivity index (χ1n) is 17.2. The number of carbonyl (C=O) groups excluding carboxylic acids is 4. The fraction of sp³-hybridized carbons (Fsp3) is 0.583. The van der Waals surface area contributed by atoms with E-state index in [1.54, 1.807) is 73.0 Å². The first kappa shape index (κ1) is 37.8. The molecule has 5 atom stereocenters. The number of alkyl carbamates (subject to hydrolysis) is 1. The van der Waals surface area contributed by atoms with Crippen molar-refractivity contribution in [1.82, 2.24) is 25.2 Å². The van der Waals surface area contributed by atoms with Gasteiger partial charge in [0.15, 0.2) is 0 Å². The Morgan fingerprint density at radius 1 is 1.10 bits per heavy atom. The average molecular weight is 728 g/mol. The Morgan fingerprint density at radius 2 is 1.80 bits per heavy atom. The summed E-state index contributed by atoms with van der Waals surface area (Å²) >= 11 is 0. The summed E-state index contributed by atoms with van der Waals surface area (Å²) in [5, 5.41) is 5.53. The van der Waals surface area contributed by atoms with Crippen LogP contribution in [-0.4, -0.2) is 90.3 Å². The van der Waals surface area contributed by atoms with Crippen molar-refractivity contribution >= 4 is 44.7 Å². The number of carbonyl (C=O) groups is 4. The van der Waals surface area contributed by atoms with Gasteiger partial charge >= 0.3 is 6.09 Å². The lowest BCUT2D eigenvalue weighted by Gasteiger charge is -2.36. The van der Waals surface area contributed by atoms with Crippen LogP contribution in [0.4, 0.5) is 4.79 Å². The highest BCUT2D eigenvalue weighted by atomic mass is 32.2. The normalized spacial score (nSPS) is 24.1. The van der Waals surface area contributed by atoms with Crippen LogP contribution in [0.2, 0.25) is 0 Å². The van der Waals surface area contributed by atoms with Crippen molar-refractivity contribution in [2.45, 2.75) is 108 Å². The second kappa shape index (κ2) is 14.0. The predicted octanol–water partition coefficient (Wildman–Crippen LogP) is 3.59. The molecule has 2 heterocycles. The van der Waals surface area contributed by atoms with Gasteiger partial charge in [-0.1, -0.05) is 33.3 Å². The molecular formula is C36H49N5O9S. The molecule has 4 amide bonds. The van der Waals surface area contributed by atoms with Gasteiger partial charge in [-0.3, -0.25) is 24.1 Å². The van der Waals surface area contributed by atoms with E-state index in [4.69, 9.17) is 14.2 Å². The number of pyridine rings is 1. The molecule has 278 valence electrons. The second-order valence-corrected chi connectivity index (χ2v) is 17.6. The van der Waals surface area contributed by atoms with E-state index in [2.05, 4.69) is 26.9 Å². The van der Waals surface area contributed by atoms with E-state index in [0.29, 0.717) is 35.2 Å². The second-order valence-electron chi connectivity index (χ2n) is 15.7. The lowest BCUT2D eigenvalue weighted by Crippen LogP contribution is -2.60. The number of rotatable bonds is 11. The summed E-state index contributed by atoms with van der Waals surface area (Å²) in [6.45, 7) is 14.2. The minimum Gasteiger partial charge on any atom is -0.497 e. The van der Waals surface area contributed by atoms with Gasteiger partial charge in [-0.2, -0.15) is 0 Å². The third-order valence-corrected chi connectivity index (χ3v) is 11.4. The molecule has 51 heavy (non-hydrogen) atoms. The molecule has 1 aromatic carbocycles. The lowest BCUT2D eigenvalue weighted by molar-refractivity contribution is -0.143. The third-order valence-electron chi connectivity index (χ3n) is 9.60. The van der Waals surface area contributed by atoms with Crippen LogP contribution in [0.15, 0.2) is 43.1 Å². The van der Waals surface area contributed by atoms with Gasteiger partial charge in [-0.05, 0) is 63.6 Å². The number of nitrogens with one attached hydrogen (secondary N) is 3. The number of methoxy groups -OCH3 is 1. The molecule has 15 heteroatoms. The quantitative estimate of drug-likeness (QED) is 0.290. The highest BCUT2D eigenvalue weighted by Crippen LogP contribution is 2.45. The Morgan fingerprint density at radius 3 is 2.37 bits per heavy atom. The zero-order valence-corrected chi connectivity index (χ0v) is 31.1. The summed E-state index contributed by atoms with van der Waals surface area (Å²) in [6.07, 6.45) is 3.47. The van der Waals surface area contributed by atoms with E-state index >= 15 is 0 Å². The SMILES string of the molecule is C=CC1CC1(NC(=O)C1CC(Oc2ccnc3cc(OC)ccc23)CN1C(=O)C(NC(=O)OC(C)(C)C)C(C)(C)C)C(=O)NS(=O)(=O)C1CCC1. The molecule has 3 N–H and O–H groups in total. The summed E-state index contributed by atoms with van der Waals surface area (Å²) in [7, 11) is -2.37. The van der Waals surface area contributed by atoms with E-state index in [0.717, 1.165) is 6.42 Å². The summed E-state index contributed by atoms with van der Waals surface area (Å²) in [5.41, 5.74) is -2.57. The third kappa shape index (κ3) is 8.23. The van der Waals surface area contributed by atoms with Crippen molar-refractivity contribution in [3.05, 3.63) is 43.1 Å². The highest BCUT2D eigenvalue weighted by Gasteiger charge is 2.62. The van der Waals surface area contributed by atoms with Crippen LogP contribution in [-0.2, 0) is 29.1 Å². The van der Waals surface area contributed by atoms with Crippen LogP contribution in [0.5, 0.6) is 11.5 Å². The van der Waals surface area contributed by atoms with Gasteiger partial charge in [0.2, 0.25) is 21.8 Å². The molecule has 2 aromatic rings.